The molecule has 104 valence electrons. The highest BCUT2D eigenvalue weighted by atomic mass is 15.3. The van der Waals surface area contributed by atoms with E-state index in [4.69, 9.17) is 5.84 Å². The van der Waals surface area contributed by atoms with Crippen LogP contribution >= 0.6 is 0 Å². The van der Waals surface area contributed by atoms with Gasteiger partial charge in [-0.05, 0) is 37.1 Å². The van der Waals surface area contributed by atoms with Crippen molar-refractivity contribution in [3.63, 3.8) is 0 Å². The summed E-state index contributed by atoms with van der Waals surface area (Å²) in [5, 5.41) is 3.21. The molecule has 0 radical (unpaired) electrons. The first kappa shape index (κ1) is 12.7. The Morgan fingerprint density at radius 2 is 1.70 bits per heavy atom. The maximum absolute atomic E-state index is 5.32. The van der Waals surface area contributed by atoms with Crippen LogP contribution in [0.25, 0.3) is 0 Å². The van der Waals surface area contributed by atoms with Crippen molar-refractivity contribution in [1.82, 2.24) is 9.97 Å². The fourth-order valence-corrected chi connectivity index (χ4v) is 2.37. The van der Waals surface area contributed by atoms with Gasteiger partial charge in [0.1, 0.15) is 0 Å². The molecular weight excluding hydrogens is 252 g/mol. The van der Waals surface area contributed by atoms with Crippen molar-refractivity contribution in [3.8, 4) is 0 Å². The minimum Gasteiger partial charge on any atom is -0.372 e. The lowest BCUT2D eigenvalue weighted by molar-refractivity contribution is 0.949. The number of hydrogen-bond acceptors (Lipinski definition) is 6. The molecule has 0 atom stereocenters. The van der Waals surface area contributed by atoms with Gasteiger partial charge in [0.05, 0.1) is 12.4 Å². The van der Waals surface area contributed by atoms with Gasteiger partial charge in [0.15, 0.2) is 11.6 Å². The molecule has 0 spiro atoms. The smallest absolute Gasteiger partial charge is 0.160 e. The van der Waals surface area contributed by atoms with Gasteiger partial charge in [-0.3, -0.25) is 4.98 Å². The quantitative estimate of drug-likeness (QED) is 0.583. The molecule has 20 heavy (non-hydrogen) atoms. The van der Waals surface area contributed by atoms with Gasteiger partial charge in [-0.15, -0.1) is 0 Å². The van der Waals surface area contributed by atoms with E-state index >= 15 is 0 Å². The van der Waals surface area contributed by atoms with Crippen molar-refractivity contribution in [2.45, 2.75) is 12.8 Å². The lowest BCUT2D eigenvalue weighted by Crippen LogP contribution is -2.17. The zero-order valence-corrected chi connectivity index (χ0v) is 11.2. The molecule has 3 rings (SSSR count). The van der Waals surface area contributed by atoms with Gasteiger partial charge < -0.3 is 15.6 Å². The number of rotatable bonds is 4. The Kier molecular flexibility index (Phi) is 3.64. The van der Waals surface area contributed by atoms with E-state index in [0.29, 0.717) is 11.6 Å². The van der Waals surface area contributed by atoms with E-state index in [9.17, 15) is 0 Å². The molecule has 1 aromatic carbocycles. The molecule has 0 amide bonds. The summed E-state index contributed by atoms with van der Waals surface area (Å²) in [5.74, 6) is 6.51. The minimum atomic E-state index is 0.531. The Labute approximate surface area is 118 Å². The Bertz CT molecular complexity index is 562. The molecule has 0 aliphatic carbocycles. The van der Waals surface area contributed by atoms with Gasteiger partial charge in [0, 0.05) is 24.5 Å². The van der Waals surface area contributed by atoms with Gasteiger partial charge in [-0.25, -0.2) is 10.8 Å². The second-order valence-electron chi connectivity index (χ2n) is 4.80. The fraction of sp³-hybridized carbons (Fsp3) is 0.286. The van der Waals surface area contributed by atoms with Crippen LogP contribution in [0.15, 0.2) is 36.7 Å². The normalized spacial score (nSPS) is 14.3. The average Bonchev–Trinajstić information content (AvgIpc) is 3.02. The summed E-state index contributed by atoms with van der Waals surface area (Å²) < 4.78 is 0. The van der Waals surface area contributed by atoms with Gasteiger partial charge >= 0.3 is 0 Å². The standard InChI is InChI=1S/C14H18N6/c15-19-14-10-16-9-13(18-14)17-11-3-5-12(6-4-11)20-7-1-2-8-20/h3-6,9-10H,1-2,7-8,15H2,(H2,17,18,19). The Balaban J connectivity index is 1.71. The first-order valence-electron chi connectivity index (χ1n) is 6.76. The number of nitrogen functional groups attached to an aromatic ring is 1. The molecule has 2 heterocycles. The zero-order valence-electron chi connectivity index (χ0n) is 11.2. The van der Waals surface area contributed by atoms with E-state index in [1.54, 1.807) is 12.4 Å². The second kappa shape index (κ2) is 5.75. The van der Waals surface area contributed by atoms with E-state index in [0.717, 1.165) is 18.8 Å². The molecule has 1 aromatic heterocycles. The predicted molar refractivity (Wildman–Crippen MR) is 81.0 cm³/mol. The third-order valence-electron chi connectivity index (χ3n) is 3.39. The summed E-state index contributed by atoms with van der Waals surface area (Å²) in [7, 11) is 0. The molecule has 1 aliphatic heterocycles. The molecular formula is C14H18N6. The summed E-state index contributed by atoms with van der Waals surface area (Å²) >= 11 is 0. The molecule has 1 aliphatic rings. The number of nitrogens with zero attached hydrogens (tertiary/aromatic N) is 3. The van der Waals surface area contributed by atoms with Crippen LogP contribution < -0.4 is 21.5 Å². The van der Waals surface area contributed by atoms with Crippen LogP contribution in [-0.2, 0) is 0 Å². The van der Waals surface area contributed by atoms with E-state index in [2.05, 4.69) is 49.9 Å². The lowest BCUT2D eigenvalue weighted by Gasteiger charge is -2.17. The van der Waals surface area contributed by atoms with Crippen LogP contribution in [-0.4, -0.2) is 23.1 Å². The number of nitrogens with two attached hydrogens (primary N) is 1. The van der Waals surface area contributed by atoms with Gasteiger partial charge in [-0.1, -0.05) is 0 Å². The van der Waals surface area contributed by atoms with Crippen molar-refractivity contribution >= 4 is 23.0 Å². The first-order chi connectivity index (χ1) is 9.85. The molecule has 4 N–H and O–H groups in total. The molecule has 6 heteroatoms. The number of aromatic nitrogens is 2. The third kappa shape index (κ3) is 2.80. The average molecular weight is 270 g/mol. The first-order valence-corrected chi connectivity index (χ1v) is 6.76. The van der Waals surface area contributed by atoms with Crippen LogP contribution in [0.1, 0.15) is 12.8 Å². The SMILES string of the molecule is NNc1cncc(Nc2ccc(N3CCCC3)cc2)n1. The summed E-state index contributed by atoms with van der Waals surface area (Å²) in [6.45, 7) is 2.31. The summed E-state index contributed by atoms with van der Waals surface area (Å²) in [6.07, 6.45) is 5.81. The highest BCUT2D eigenvalue weighted by molar-refractivity contribution is 5.61. The topological polar surface area (TPSA) is 79.1 Å². The highest BCUT2D eigenvalue weighted by Crippen LogP contribution is 2.23. The number of nitrogens with one attached hydrogen (secondary N) is 2. The summed E-state index contributed by atoms with van der Waals surface area (Å²) in [5.41, 5.74) is 4.74. The van der Waals surface area contributed by atoms with E-state index in [1.165, 1.54) is 18.5 Å². The highest BCUT2D eigenvalue weighted by Gasteiger charge is 2.11. The van der Waals surface area contributed by atoms with Gasteiger partial charge in [0.25, 0.3) is 0 Å². The van der Waals surface area contributed by atoms with Crippen LogP contribution in [0.2, 0.25) is 0 Å². The molecule has 0 unspecified atom stereocenters. The van der Waals surface area contributed by atoms with Crippen molar-refractivity contribution in [2.75, 3.05) is 28.7 Å². The summed E-state index contributed by atoms with van der Waals surface area (Å²) in [6, 6.07) is 8.37. The van der Waals surface area contributed by atoms with E-state index < -0.39 is 0 Å². The van der Waals surface area contributed by atoms with Crippen LogP contribution in [0.4, 0.5) is 23.0 Å². The summed E-state index contributed by atoms with van der Waals surface area (Å²) in [4.78, 5) is 10.7. The third-order valence-corrected chi connectivity index (χ3v) is 3.39. The van der Waals surface area contributed by atoms with Gasteiger partial charge in [-0.2, -0.15) is 0 Å². The number of benzene rings is 1. The van der Waals surface area contributed by atoms with Crippen LogP contribution in [0.3, 0.4) is 0 Å². The van der Waals surface area contributed by atoms with Crippen molar-refractivity contribution in [1.29, 1.82) is 0 Å². The molecule has 0 bridgehead atoms. The largest absolute Gasteiger partial charge is 0.372 e. The lowest BCUT2D eigenvalue weighted by atomic mass is 10.2. The Morgan fingerprint density at radius 3 is 2.40 bits per heavy atom. The molecule has 0 saturated carbocycles. The fourth-order valence-electron chi connectivity index (χ4n) is 2.37. The Morgan fingerprint density at radius 1 is 1.00 bits per heavy atom. The number of anilines is 4. The predicted octanol–water partition coefficient (Wildman–Crippen LogP) is 2.11. The molecule has 2 aromatic rings. The van der Waals surface area contributed by atoms with Crippen LogP contribution in [0, 0.1) is 0 Å². The van der Waals surface area contributed by atoms with Crippen molar-refractivity contribution in [2.24, 2.45) is 5.84 Å². The maximum Gasteiger partial charge on any atom is 0.160 e. The monoisotopic (exact) mass is 270 g/mol. The molecule has 1 saturated heterocycles. The Hall–Kier alpha value is -2.34. The molecule has 1 fully saturated rings. The molecule has 6 nitrogen and oxygen atoms in total. The second-order valence-corrected chi connectivity index (χ2v) is 4.80. The number of hydrogen-bond donors (Lipinski definition) is 3. The van der Waals surface area contributed by atoms with Crippen LogP contribution in [0.5, 0.6) is 0 Å². The van der Waals surface area contributed by atoms with Crippen molar-refractivity contribution in [3.05, 3.63) is 36.7 Å². The maximum atomic E-state index is 5.32. The van der Waals surface area contributed by atoms with E-state index in [1.807, 2.05) is 0 Å². The minimum absolute atomic E-state index is 0.531. The van der Waals surface area contributed by atoms with Gasteiger partial charge in [0.2, 0.25) is 0 Å². The van der Waals surface area contributed by atoms with E-state index in [-0.39, 0.29) is 0 Å². The number of hydrazine groups is 1. The zero-order chi connectivity index (χ0) is 13.8. The van der Waals surface area contributed by atoms with Crippen molar-refractivity contribution < 1.29 is 0 Å².